The molecule has 3 nitrogen and oxygen atoms in total. The molecule has 4 heteroatoms. The van der Waals surface area contributed by atoms with Crippen LogP contribution in [0, 0.1) is 0 Å². The molecule has 0 radical (unpaired) electrons. The molecule has 0 amide bonds. The Morgan fingerprint density at radius 1 is 1.04 bits per heavy atom. The van der Waals surface area contributed by atoms with Crippen molar-refractivity contribution in [1.29, 1.82) is 0 Å². The molecular formula is C21H21BrN2O. The summed E-state index contributed by atoms with van der Waals surface area (Å²) in [5, 5.41) is 0. The lowest BCUT2D eigenvalue weighted by atomic mass is 9.99. The highest BCUT2D eigenvalue weighted by Gasteiger charge is 2.29. The number of aromatic nitrogens is 1. The highest BCUT2D eigenvalue weighted by atomic mass is 79.9. The van der Waals surface area contributed by atoms with Gasteiger partial charge in [-0.1, -0.05) is 46.3 Å². The maximum atomic E-state index is 5.41. The second kappa shape index (κ2) is 7.06. The van der Waals surface area contributed by atoms with Crippen molar-refractivity contribution in [3.05, 3.63) is 88.2 Å². The molecule has 1 aromatic heterocycles. The third-order valence-electron chi connectivity index (χ3n) is 4.88. The Kier molecular flexibility index (Phi) is 4.64. The van der Waals surface area contributed by atoms with Crippen molar-refractivity contribution in [3.8, 4) is 5.75 Å². The monoisotopic (exact) mass is 396 g/mol. The molecule has 0 aliphatic carbocycles. The van der Waals surface area contributed by atoms with Gasteiger partial charge in [0.2, 0.25) is 0 Å². The fourth-order valence-corrected chi connectivity index (χ4v) is 4.01. The van der Waals surface area contributed by atoms with Gasteiger partial charge in [0.15, 0.2) is 0 Å². The van der Waals surface area contributed by atoms with Gasteiger partial charge in [0.25, 0.3) is 0 Å². The maximum Gasteiger partial charge on any atom is 0.119 e. The molecule has 25 heavy (non-hydrogen) atoms. The second-order valence-electron chi connectivity index (χ2n) is 6.37. The van der Waals surface area contributed by atoms with Crippen LogP contribution in [0.1, 0.15) is 22.9 Å². The van der Waals surface area contributed by atoms with Crippen molar-refractivity contribution < 1.29 is 4.74 Å². The minimum Gasteiger partial charge on any atom is -0.497 e. The van der Waals surface area contributed by atoms with Gasteiger partial charge in [-0.3, -0.25) is 4.90 Å². The minimum atomic E-state index is 0.267. The van der Waals surface area contributed by atoms with E-state index in [1.54, 1.807) is 7.11 Å². The summed E-state index contributed by atoms with van der Waals surface area (Å²) in [6.45, 7) is 2.92. The van der Waals surface area contributed by atoms with Crippen LogP contribution in [0.25, 0.3) is 0 Å². The van der Waals surface area contributed by atoms with Crippen LogP contribution in [0.3, 0.4) is 0 Å². The summed E-state index contributed by atoms with van der Waals surface area (Å²) in [5.74, 6) is 0.898. The van der Waals surface area contributed by atoms with E-state index in [1.807, 2.05) is 6.07 Å². The van der Waals surface area contributed by atoms with E-state index < -0.39 is 0 Å². The summed E-state index contributed by atoms with van der Waals surface area (Å²) in [6.07, 6.45) is 2.18. The normalized spacial score (nSPS) is 17.3. The van der Waals surface area contributed by atoms with Gasteiger partial charge in [-0.15, -0.1) is 0 Å². The molecule has 128 valence electrons. The van der Waals surface area contributed by atoms with Crippen molar-refractivity contribution in [2.45, 2.75) is 19.1 Å². The van der Waals surface area contributed by atoms with E-state index in [0.29, 0.717) is 0 Å². The number of fused-ring (bicyclic) bond motifs is 1. The zero-order valence-corrected chi connectivity index (χ0v) is 15.8. The Morgan fingerprint density at radius 2 is 1.88 bits per heavy atom. The van der Waals surface area contributed by atoms with Crippen LogP contribution in [0.4, 0.5) is 0 Å². The zero-order valence-electron chi connectivity index (χ0n) is 14.2. The summed E-state index contributed by atoms with van der Waals surface area (Å²) in [4.78, 5) is 2.55. The number of hydrogen-bond donors (Lipinski definition) is 0. The van der Waals surface area contributed by atoms with E-state index >= 15 is 0 Å². The van der Waals surface area contributed by atoms with Crippen LogP contribution in [0.15, 0.2) is 71.3 Å². The molecule has 0 N–H and O–H groups in total. The number of ether oxygens (including phenoxy) is 1. The second-order valence-corrected chi connectivity index (χ2v) is 7.22. The first-order chi connectivity index (χ1) is 12.3. The predicted octanol–water partition coefficient (Wildman–Crippen LogP) is 4.86. The summed E-state index contributed by atoms with van der Waals surface area (Å²) in [6, 6.07) is 21.6. The van der Waals surface area contributed by atoms with Gasteiger partial charge in [-0.05, 0) is 41.5 Å². The van der Waals surface area contributed by atoms with Gasteiger partial charge >= 0.3 is 0 Å². The number of methoxy groups -OCH3 is 1. The van der Waals surface area contributed by atoms with Gasteiger partial charge in [0.05, 0.1) is 13.2 Å². The molecule has 0 saturated heterocycles. The standard InChI is InChI=1S/C21H21BrN2O/c1-25-18-9-10-19(22)17(14-18)15-24-13-12-23-11-5-8-20(23)21(24)16-6-3-2-4-7-16/h2-11,14,21H,12-13,15H2,1H3. The molecule has 0 bridgehead atoms. The molecule has 4 rings (SSSR count). The maximum absolute atomic E-state index is 5.41. The molecule has 2 aromatic carbocycles. The summed E-state index contributed by atoms with van der Waals surface area (Å²) < 4.78 is 8.91. The highest BCUT2D eigenvalue weighted by Crippen LogP contribution is 2.35. The smallest absolute Gasteiger partial charge is 0.119 e. The molecule has 0 saturated carbocycles. The summed E-state index contributed by atoms with van der Waals surface area (Å²) in [7, 11) is 1.72. The first kappa shape index (κ1) is 16.4. The quantitative estimate of drug-likeness (QED) is 0.625. The summed E-state index contributed by atoms with van der Waals surface area (Å²) >= 11 is 3.70. The third-order valence-corrected chi connectivity index (χ3v) is 5.65. The van der Waals surface area contributed by atoms with E-state index in [2.05, 4.69) is 86.2 Å². The topological polar surface area (TPSA) is 17.4 Å². The lowest BCUT2D eigenvalue weighted by Crippen LogP contribution is -2.38. The number of halogens is 1. The van der Waals surface area contributed by atoms with Crippen molar-refractivity contribution in [2.24, 2.45) is 0 Å². The van der Waals surface area contributed by atoms with E-state index in [1.165, 1.54) is 16.8 Å². The van der Waals surface area contributed by atoms with Gasteiger partial charge in [0.1, 0.15) is 5.75 Å². The van der Waals surface area contributed by atoms with Crippen molar-refractivity contribution >= 4 is 15.9 Å². The molecule has 3 aromatic rings. The van der Waals surface area contributed by atoms with Gasteiger partial charge in [0, 0.05) is 36.0 Å². The first-order valence-electron chi connectivity index (χ1n) is 8.53. The van der Waals surface area contributed by atoms with E-state index in [0.717, 1.165) is 29.9 Å². The molecule has 1 aliphatic heterocycles. The van der Waals surface area contributed by atoms with Crippen LogP contribution in [-0.4, -0.2) is 23.1 Å². The molecule has 0 spiro atoms. The Morgan fingerprint density at radius 3 is 2.68 bits per heavy atom. The van der Waals surface area contributed by atoms with Gasteiger partial charge in [-0.25, -0.2) is 0 Å². The molecule has 0 fully saturated rings. The van der Waals surface area contributed by atoms with Crippen LogP contribution in [0.5, 0.6) is 5.75 Å². The Labute approximate surface area is 157 Å². The van der Waals surface area contributed by atoms with Crippen LogP contribution < -0.4 is 4.74 Å². The van der Waals surface area contributed by atoms with Gasteiger partial charge < -0.3 is 9.30 Å². The lowest BCUT2D eigenvalue weighted by molar-refractivity contribution is 0.174. The molecule has 1 aliphatic rings. The van der Waals surface area contributed by atoms with Gasteiger partial charge in [-0.2, -0.15) is 0 Å². The number of benzene rings is 2. The average Bonchev–Trinajstić information content (AvgIpc) is 3.12. The predicted molar refractivity (Wildman–Crippen MR) is 104 cm³/mol. The molecular weight excluding hydrogens is 376 g/mol. The fraction of sp³-hybridized carbons (Fsp3) is 0.238. The Balaban J connectivity index is 1.71. The largest absolute Gasteiger partial charge is 0.497 e. The Hall–Kier alpha value is -2.04. The minimum absolute atomic E-state index is 0.267. The number of nitrogens with zero attached hydrogens (tertiary/aromatic N) is 2. The van der Waals surface area contributed by atoms with Crippen LogP contribution in [0.2, 0.25) is 0 Å². The SMILES string of the molecule is COc1ccc(Br)c(CN2CCn3cccc3C2c2ccccc2)c1. The highest BCUT2D eigenvalue weighted by molar-refractivity contribution is 9.10. The van der Waals surface area contributed by atoms with Crippen LogP contribution in [-0.2, 0) is 13.1 Å². The molecule has 1 unspecified atom stereocenters. The third kappa shape index (κ3) is 3.24. The number of rotatable bonds is 4. The lowest BCUT2D eigenvalue weighted by Gasteiger charge is -2.37. The zero-order chi connectivity index (χ0) is 17.2. The van der Waals surface area contributed by atoms with Crippen molar-refractivity contribution in [1.82, 2.24) is 9.47 Å². The van der Waals surface area contributed by atoms with E-state index in [4.69, 9.17) is 4.74 Å². The first-order valence-corrected chi connectivity index (χ1v) is 9.32. The molecule has 2 heterocycles. The van der Waals surface area contributed by atoms with E-state index in [-0.39, 0.29) is 6.04 Å². The Bertz CT molecular complexity index is 859. The molecule has 1 atom stereocenters. The fourth-order valence-electron chi connectivity index (χ4n) is 3.64. The van der Waals surface area contributed by atoms with Crippen molar-refractivity contribution in [2.75, 3.05) is 13.7 Å². The average molecular weight is 397 g/mol. The van der Waals surface area contributed by atoms with Crippen LogP contribution >= 0.6 is 15.9 Å². The van der Waals surface area contributed by atoms with Crippen molar-refractivity contribution in [3.63, 3.8) is 0 Å². The summed E-state index contributed by atoms with van der Waals surface area (Å²) in [5.41, 5.74) is 3.94. The number of hydrogen-bond acceptors (Lipinski definition) is 2. The van der Waals surface area contributed by atoms with E-state index in [9.17, 15) is 0 Å².